The van der Waals surface area contributed by atoms with Gasteiger partial charge in [0.15, 0.2) is 0 Å². The number of likely N-dealkylation sites (N-methyl/N-ethyl adjacent to an activating group) is 1. The molecule has 0 aromatic carbocycles. The summed E-state index contributed by atoms with van der Waals surface area (Å²) < 4.78 is 0. The largest absolute Gasteiger partial charge is 0.353 e. The summed E-state index contributed by atoms with van der Waals surface area (Å²) in [6.45, 7) is 3.98. The Labute approximate surface area is 137 Å². The Morgan fingerprint density at radius 1 is 1.32 bits per heavy atom. The number of nitrogens with zero attached hydrogens (tertiary/aromatic N) is 1. The average molecular weight is 333 g/mol. The van der Waals surface area contributed by atoms with Gasteiger partial charge in [-0.25, -0.2) is 9.69 Å². The molecule has 2 aliphatic rings. The first kappa shape index (κ1) is 18.7. The van der Waals surface area contributed by atoms with E-state index in [1.807, 2.05) is 14.0 Å². The second kappa shape index (κ2) is 7.28. The molecular formula is C14H25ClN4O3. The molecule has 2 atom stereocenters. The SMILES string of the molecule is CNC(C)CNC(=O)C(C)N1C(=O)NC2(CCCC2)C1=O.Cl. The minimum absolute atomic E-state index is 0. The molecule has 1 aliphatic carbocycles. The van der Waals surface area contributed by atoms with E-state index in [9.17, 15) is 14.4 Å². The van der Waals surface area contributed by atoms with Crippen molar-refractivity contribution in [2.24, 2.45) is 0 Å². The molecule has 126 valence electrons. The molecule has 1 saturated carbocycles. The molecule has 8 heteroatoms. The number of rotatable bonds is 5. The zero-order valence-electron chi connectivity index (χ0n) is 13.3. The molecule has 2 rings (SSSR count). The van der Waals surface area contributed by atoms with Crippen molar-refractivity contribution in [2.45, 2.75) is 57.2 Å². The standard InChI is InChI=1S/C14H24N4O3.ClH/c1-9(15-3)8-16-11(19)10(2)18-12(20)14(17-13(18)21)6-4-5-7-14;/h9-10,15H,4-8H2,1-3H3,(H,16,19)(H,17,21);1H. The van der Waals surface area contributed by atoms with Gasteiger partial charge < -0.3 is 16.0 Å². The van der Waals surface area contributed by atoms with Crippen LogP contribution in [0.4, 0.5) is 4.79 Å². The van der Waals surface area contributed by atoms with Crippen LogP contribution in [0.1, 0.15) is 39.5 Å². The smallest absolute Gasteiger partial charge is 0.325 e. The molecule has 2 fully saturated rings. The third kappa shape index (κ3) is 3.35. The highest BCUT2D eigenvalue weighted by molar-refractivity contribution is 6.09. The highest BCUT2D eigenvalue weighted by atomic mass is 35.5. The fraction of sp³-hybridized carbons (Fsp3) is 0.786. The van der Waals surface area contributed by atoms with Crippen molar-refractivity contribution in [2.75, 3.05) is 13.6 Å². The Morgan fingerprint density at radius 3 is 2.45 bits per heavy atom. The van der Waals surface area contributed by atoms with E-state index in [4.69, 9.17) is 0 Å². The quantitative estimate of drug-likeness (QED) is 0.635. The van der Waals surface area contributed by atoms with Gasteiger partial charge in [0.1, 0.15) is 11.6 Å². The summed E-state index contributed by atoms with van der Waals surface area (Å²) in [6.07, 6.45) is 3.19. The lowest BCUT2D eigenvalue weighted by atomic mass is 9.97. The van der Waals surface area contributed by atoms with Gasteiger partial charge in [0.05, 0.1) is 0 Å². The van der Waals surface area contributed by atoms with Gasteiger partial charge in [0.2, 0.25) is 5.91 Å². The fourth-order valence-corrected chi connectivity index (χ4v) is 2.93. The first-order valence-corrected chi connectivity index (χ1v) is 7.52. The Hall–Kier alpha value is -1.34. The van der Waals surface area contributed by atoms with Crippen molar-refractivity contribution in [3.63, 3.8) is 0 Å². The summed E-state index contributed by atoms with van der Waals surface area (Å²) in [5.41, 5.74) is -0.760. The third-order valence-corrected chi connectivity index (χ3v) is 4.49. The van der Waals surface area contributed by atoms with Crippen LogP contribution in [0.2, 0.25) is 0 Å². The van der Waals surface area contributed by atoms with Gasteiger partial charge in [-0.15, -0.1) is 12.4 Å². The summed E-state index contributed by atoms with van der Waals surface area (Å²) in [7, 11) is 1.81. The Morgan fingerprint density at radius 2 is 1.91 bits per heavy atom. The molecule has 0 aromatic heterocycles. The van der Waals surface area contributed by atoms with E-state index in [2.05, 4.69) is 16.0 Å². The van der Waals surface area contributed by atoms with E-state index in [1.165, 1.54) is 0 Å². The van der Waals surface area contributed by atoms with Crippen molar-refractivity contribution in [1.82, 2.24) is 20.9 Å². The van der Waals surface area contributed by atoms with Crippen LogP contribution in [0, 0.1) is 0 Å². The number of hydrogen-bond acceptors (Lipinski definition) is 4. The van der Waals surface area contributed by atoms with Gasteiger partial charge >= 0.3 is 6.03 Å². The van der Waals surface area contributed by atoms with Gasteiger partial charge in [-0.2, -0.15) is 0 Å². The summed E-state index contributed by atoms with van der Waals surface area (Å²) in [4.78, 5) is 37.8. The van der Waals surface area contributed by atoms with Crippen molar-refractivity contribution in [3.05, 3.63) is 0 Å². The van der Waals surface area contributed by atoms with Crippen molar-refractivity contribution in [3.8, 4) is 0 Å². The maximum atomic E-state index is 12.5. The zero-order chi connectivity index (χ0) is 15.6. The highest BCUT2D eigenvalue weighted by Crippen LogP contribution is 2.35. The van der Waals surface area contributed by atoms with E-state index in [0.29, 0.717) is 19.4 Å². The van der Waals surface area contributed by atoms with E-state index in [-0.39, 0.29) is 30.3 Å². The van der Waals surface area contributed by atoms with Crippen LogP contribution in [0.25, 0.3) is 0 Å². The van der Waals surface area contributed by atoms with Crippen LogP contribution < -0.4 is 16.0 Å². The number of urea groups is 1. The predicted octanol–water partition coefficient (Wildman–Crippen LogP) is 0.385. The minimum Gasteiger partial charge on any atom is -0.353 e. The molecule has 4 amide bonds. The van der Waals surface area contributed by atoms with Crippen LogP contribution >= 0.6 is 12.4 Å². The molecule has 0 radical (unpaired) electrons. The summed E-state index contributed by atoms with van der Waals surface area (Å²) in [5.74, 6) is -0.565. The molecule has 2 unspecified atom stereocenters. The number of carbonyl (C=O) groups excluding carboxylic acids is 3. The second-order valence-electron chi connectivity index (χ2n) is 6.01. The number of imide groups is 1. The van der Waals surface area contributed by atoms with E-state index >= 15 is 0 Å². The molecule has 0 aromatic rings. The van der Waals surface area contributed by atoms with Gasteiger partial charge in [-0.1, -0.05) is 12.8 Å². The first-order chi connectivity index (χ1) is 9.91. The minimum atomic E-state index is -0.790. The topological polar surface area (TPSA) is 90.5 Å². The molecule has 1 heterocycles. The summed E-state index contributed by atoms with van der Waals surface area (Å²) >= 11 is 0. The molecule has 22 heavy (non-hydrogen) atoms. The Kier molecular flexibility index (Phi) is 6.19. The normalized spacial score (nSPS) is 22.2. The van der Waals surface area contributed by atoms with E-state index in [0.717, 1.165) is 17.7 Å². The number of carbonyl (C=O) groups is 3. The molecule has 3 N–H and O–H groups in total. The second-order valence-corrected chi connectivity index (χ2v) is 6.01. The number of hydrogen-bond donors (Lipinski definition) is 3. The predicted molar refractivity (Wildman–Crippen MR) is 84.8 cm³/mol. The summed E-state index contributed by atoms with van der Waals surface area (Å²) in [5, 5.41) is 8.55. The Balaban J connectivity index is 0.00000242. The molecule has 1 saturated heterocycles. The third-order valence-electron chi connectivity index (χ3n) is 4.49. The van der Waals surface area contributed by atoms with Crippen molar-refractivity contribution < 1.29 is 14.4 Å². The zero-order valence-corrected chi connectivity index (χ0v) is 14.1. The molecule has 1 spiro atoms. The fourth-order valence-electron chi connectivity index (χ4n) is 2.93. The van der Waals surface area contributed by atoms with Crippen LogP contribution in [0.5, 0.6) is 0 Å². The number of nitrogens with one attached hydrogen (secondary N) is 3. The van der Waals surface area contributed by atoms with Crippen LogP contribution in [0.3, 0.4) is 0 Å². The highest BCUT2D eigenvalue weighted by Gasteiger charge is 2.54. The molecule has 0 bridgehead atoms. The van der Waals surface area contributed by atoms with Gasteiger partial charge in [-0.3, -0.25) is 9.59 Å². The number of amides is 4. The maximum Gasteiger partial charge on any atom is 0.325 e. The lowest BCUT2D eigenvalue weighted by Gasteiger charge is -2.24. The molecule has 1 aliphatic heterocycles. The van der Waals surface area contributed by atoms with E-state index < -0.39 is 17.6 Å². The van der Waals surface area contributed by atoms with Crippen molar-refractivity contribution >= 4 is 30.3 Å². The van der Waals surface area contributed by atoms with Crippen molar-refractivity contribution in [1.29, 1.82) is 0 Å². The van der Waals surface area contributed by atoms with Crippen LogP contribution in [-0.2, 0) is 9.59 Å². The number of halogens is 1. The summed E-state index contributed by atoms with van der Waals surface area (Å²) in [6, 6.07) is -1.11. The maximum absolute atomic E-state index is 12.5. The monoisotopic (exact) mass is 332 g/mol. The van der Waals surface area contributed by atoms with E-state index in [1.54, 1.807) is 6.92 Å². The van der Waals surface area contributed by atoms with Crippen LogP contribution in [0.15, 0.2) is 0 Å². The lowest BCUT2D eigenvalue weighted by Crippen LogP contribution is -2.51. The average Bonchev–Trinajstić information content (AvgIpc) is 3.02. The van der Waals surface area contributed by atoms with Gasteiger partial charge in [0.25, 0.3) is 5.91 Å². The van der Waals surface area contributed by atoms with Gasteiger partial charge in [0, 0.05) is 12.6 Å². The Bertz CT molecular complexity index is 451. The lowest BCUT2D eigenvalue weighted by molar-refractivity contribution is -0.137. The van der Waals surface area contributed by atoms with Crippen LogP contribution in [-0.4, -0.2) is 54.0 Å². The molecular weight excluding hydrogens is 308 g/mol. The molecule has 7 nitrogen and oxygen atoms in total. The first-order valence-electron chi connectivity index (χ1n) is 7.52. The van der Waals surface area contributed by atoms with Gasteiger partial charge in [-0.05, 0) is 33.7 Å².